The number of aromatic nitrogens is 1. The van der Waals surface area contributed by atoms with Crippen molar-refractivity contribution in [3.05, 3.63) is 30.1 Å². The maximum absolute atomic E-state index is 5.34. The fourth-order valence-electron chi connectivity index (χ4n) is 1.01. The lowest BCUT2D eigenvalue weighted by molar-refractivity contribution is 0.688. The Hall–Kier alpha value is -0.930. The summed E-state index contributed by atoms with van der Waals surface area (Å²) < 4.78 is 0. The molecule has 1 aromatic heterocycles. The topological polar surface area (TPSA) is 50.9 Å². The molecule has 1 heterocycles. The van der Waals surface area contributed by atoms with Crippen molar-refractivity contribution in [2.24, 2.45) is 5.73 Å². The first-order valence-corrected chi connectivity index (χ1v) is 4.23. The van der Waals surface area contributed by atoms with E-state index in [2.05, 4.69) is 10.3 Å². The maximum atomic E-state index is 5.34. The molecular formula is C9H15N3. The molecule has 0 fully saturated rings. The highest BCUT2D eigenvalue weighted by Crippen LogP contribution is 1.95. The number of hydrogen-bond acceptors (Lipinski definition) is 3. The quantitative estimate of drug-likeness (QED) is 0.612. The van der Waals surface area contributed by atoms with E-state index in [4.69, 9.17) is 5.73 Å². The summed E-state index contributed by atoms with van der Waals surface area (Å²) in [6.07, 6.45) is 4.68. The minimum Gasteiger partial charge on any atom is -0.329 e. The Balaban J connectivity index is 2.16. The van der Waals surface area contributed by atoms with Crippen LogP contribution in [0.3, 0.4) is 0 Å². The monoisotopic (exact) mass is 165 g/mol. The minimum absolute atomic E-state index is 0.705. The molecular weight excluding hydrogens is 150 g/mol. The number of rotatable bonds is 5. The fraction of sp³-hybridized carbons (Fsp3) is 0.444. The lowest BCUT2D eigenvalue weighted by atomic mass is 10.2. The van der Waals surface area contributed by atoms with Gasteiger partial charge in [-0.1, -0.05) is 0 Å². The second-order valence-corrected chi connectivity index (χ2v) is 2.64. The standard InChI is InChI=1S/C9H15N3/c10-4-8-12-7-3-9-1-5-11-6-2-9/h1-2,5-6,12H,3-4,7-8,10H2. The number of pyridine rings is 1. The van der Waals surface area contributed by atoms with Crippen LogP contribution in [0.5, 0.6) is 0 Å². The number of nitrogens with one attached hydrogen (secondary N) is 1. The molecule has 0 bridgehead atoms. The first-order valence-electron chi connectivity index (χ1n) is 4.23. The van der Waals surface area contributed by atoms with Crippen molar-refractivity contribution < 1.29 is 0 Å². The predicted molar refractivity (Wildman–Crippen MR) is 49.9 cm³/mol. The van der Waals surface area contributed by atoms with E-state index in [-0.39, 0.29) is 0 Å². The molecule has 0 saturated carbocycles. The van der Waals surface area contributed by atoms with Gasteiger partial charge >= 0.3 is 0 Å². The molecule has 0 atom stereocenters. The van der Waals surface area contributed by atoms with E-state index in [1.807, 2.05) is 24.5 Å². The van der Waals surface area contributed by atoms with Crippen LogP contribution in [0.25, 0.3) is 0 Å². The number of hydrogen-bond donors (Lipinski definition) is 2. The highest BCUT2D eigenvalue weighted by atomic mass is 14.9. The second kappa shape index (κ2) is 5.69. The third kappa shape index (κ3) is 3.46. The molecule has 1 aromatic rings. The third-order valence-corrected chi connectivity index (χ3v) is 1.66. The van der Waals surface area contributed by atoms with Gasteiger partial charge in [-0.15, -0.1) is 0 Å². The van der Waals surface area contributed by atoms with Crippen LogP contribution in [0, 0.1) is 0 Å². The van der Waals surface area contributed by atoms with Crippen LogP contribution >= 0.6 is 0 Å². The Morgan fingerprint density at radius 3 is 2.67 bits per heavy atom. The van der Waals surface area contributed by atoms with Crippen molar-refractivity contribution >= 4 is 0 Å². The Kier molecular flexibility index (Phi) is 4.34. The Morgan fingerprint density at radius 1 is 1.25 bits per heavy atom. The van der Waals surface area contributed by atoms with Gasteiger partial charge in [0.2, 0.25) is 0 Å². The molecule has 1 rings (SSSR count). The second-order valence-electron chi connectivity index (χ2n) is 2.64. The first kappa shape index (κ1) is 9.16. The van der Waals surface area contributed by atoms with E-state index in [0.717, 1.165) is 19.5 Å². The lowest BCUT2D eigenvalue weighted by Gasteiger charge is -2.01. The molecule has 0 amide bonds. The Morgan fingerprint density at radius 2 is 2.00 bits per heavy atom. The largest absolute Gasteiger partial charge is 0.329 e. The number of nitrogens with zero attached hydrogens (tertiary/aromatic N) is 1. The summed E-state index contributed by atoms with van der Waals surface area (Å²) in [7, 11) is 0. The van der Waals surface area contributed by atoms with Crippen LogP contribution in [0.15, 0.2) is 24.5 Å². The van der Waals surface area contributed by atoms with Crippen LogP contribution in [-0.4, -0.2) is 24.6 Å². The fourth-order valence-corrected chi connectivity index (χ4v) is 1.01. The van der Waals surface area contributed by atoms with Gasteiger partial charge in [0, 0.05) is 25.5 Å². The Labute approximate surface area is 73.0 Å². The average molecular weight is 165 g/mol. The normalized spacial score (nSPS) is 10.1. The summed E-state index contributed by atoms with van der Waals surface area (Å²) in [6.45, 7) is 2.59. The SMILES string of the molecule is NCCNCCc1ccncc1. The van der Waals surface area contributed by atoms with Crippen LogP contribution in [0.4, 0.5) is 0 Å². The van der Waals surface area contributed by atoms with Gasteiger partial charge in [0.05, 0.1) is 0 Å². The molecule has 3 heteroatoms. The summed E-state index contributed by atoms with van der Waals surface area (Å²) in [5.74, 6) is 0. The summed E-state index contributed by atoms with van der Waals surface area (Å²) in [5, 5.41) is 3.24. The van der Waals surface area contributed by atoms with Crippen molar-refractivity contribution in [2.45, 2.75) is 6.42 Å². The maximum Gasteiger partial charge on any atom is 0.0270 e. The van der Waals surface area contributed by atoms with Gasteiger partial charge in [0.15, 0.2) is 0 Å². The highest BCUT2D eigenvalue weighted by Gasteiger charge is 1.89. The zero-order valence-electron chi connectivity index (χ0n) is 7.16. The van der Waals surface area contributed by atoms with E-state index >= 15 is 0 Å². The average Bonchev–Trinajstić information content (AvgIpc) is 2.14. The minimum atomic E-state index is 0.705. The zero-order valence-corrected chi connectivity index (χ0v) is 7.16. The van der Waals surface area contributed by atoms with E-state index in [0.29, 0.717) is 6.54 Å². The van der Waals surface area contributed by atoms with Gasteiger partial charge in [-0.05, 0) is 30.7 Å². The van der Waals surface area contributed by atoms with Gasteiger partial charge < -0.3 is 11.1 Å². The van der Waals surface area contributed by atoms with Crippen molar-refractivity contribution in [2.75, 3.05) is 19.6 Å². The molecule has 0 spiro atoms. The molecule has 0 aliphatic heterocycles. The van der Waals surface area contributed by atoms with Crippen molar-refractivity contribution in [1.29, 1.82) is 0 Å². The van der Waals surface area contributed by atoms with E-state index in [1.54, 1.807) is 0 Å². The summed E-state index contributed by atoms with van der Waals surface area (Å²) in [6, 6.07) is 4.06. The molecule has 0 aliphatic rings. The van der Waals surface area contributed by atoms with Crippen molar-refractivity contribution in [3.8, 4) is 0 Å². The van der Waals surface area contributed by atoms with Crippen LogP contribution in [0.2, 0.25) is 0 Å². The third-order valence-electron chi connectivity index (χ3n) is 1.66. The summed E-state index contributed by atoms with van der Waals surface area (Å²) >= 11 is 0. The van der Waals surface area contributed by atoms with Gasteiger partial charge in [0.1, 0.15) is 0 Å². The highest BCUT2D eigenvalue weighted by molar-refractivity contribution is 5.09. The zero-order chi connectivity index (χ0) is 8.65. The smallest absolute Gasteiger partial charge is 0.0270 e. The van der Waals surface area contributed by atoms with Crippen molar-refractivity contribution in [3.63, 3.8) is 0 Å². The molecule has 0 unspecified atom stereocenters. The van der Waals surface area contributed by atoms with E-state index in [1.165, 1.54) is 5.56 Å². The lowest BCUT2D eigenvalue weighted by Crippen LogP contribution is -2.24. The van der Waals surface area contributed by atoms with Gasteiger partial charge in [0.25, 0.3) is 0 Å². The molecule has 0 saturated heterocycles. The van der Waals surface area contributed by atoms with Crippen LogP contribution in [-0.2, 0) is 6.42 Å². The summed E-state index contributed by atoms with van der Waals surface area (Å²) in [5.41, 5.74) is 6.65. The first-order chi connectivity index (χ1) is 5.93. The summed E-state index contributed by atoms with van der Waals surface area (Å²) in [4.78, 5) is 3.95. The van der Waals surface area contributed by atoms with Crippen LogP contribution < -0.4 is 11.1 Å². The van der Waals surface area contributed by atoms with Crippen molar-refractivity contribution in [1.82, 2.24) is 10.3 Å². The van der Waals surface area contributed by atoms with Gasteiger partial charge in [-0.25, -0.2) is 0 Å². The predicted octanol–water partition coefficient (Wildman–Crippen LogP) is 0.172. The van der Waals surface area contributed by atoms with Gasteiger partial charge in [-0.2, -0.15) is 0 Å². The molecule has 0 aliphatic carbocycles. The molecule has 12 heavy (non-hydrogen) atoms. The molecule has 0 aromatic carbocycles. The van der Waals surface area contributed by atoms with Crippen LogP contribution in [0.1, 0.15) is 5.56 Å². The Bertz CT molecular complexity index is 198. The van der Waals surface area contributed by atoms with Gasteiger partial charge in [-0.3, -0.25) is 4.98 Å². The molecule has 3 N–H and O–H groups in total. The number of nitrogens with two attached hydrogens (primary N) is 1. The van der Waals surface area contributed by atoms with E-state index < -0.39 is 0 Å². The molecule has 66 valence electrons. The molecule has 0 radical (unpaired) electrons. The van der Waals surface area contributed by atoms with E-state index in [9.17, 15) is 0 Å². The molecule has 3 nitrogen and oxygen atoms in total.